The maximum atomic E-state index is 6.50. The molecule has 44 heavy (non-hydrogen) atoms. The zero-order valence-corrected chi connectivity index (χ0v) is 24.1. The molecule has 0 aliphatic heterocycles. The second kappa shape index (κ2) is 9.93. The molecule has 0 bridgehead atoms. The van der Waals surface area contributed by atoms with Crippen molar-refractivity contribution in [3.8, 4) is 45.6 Å². The minimum Gasteiger partial charge on any atom is -0.435 e. The van der Waals surface area contributed by atoms with Crippen molar-refractivity contribution in [2.45, 2.75) is 0 Å². The number of oxazole rings is 1. The minimum atomic E-state index is 0.623. The molecule has 0 radical (unpaired) electrons. The van der Waals surface area contributed by atoms with Crippen LogP contribution in [0, 0.1) is 0 Å². The molecule has 6 heteroatoms. The Hall–Kier alpha value is -5.72. The summed E-state index contributed by atoms with van der Waals surface area (Å²) in [5.41, 5.74) is 5.48. The highest BCUT2D eigenvalue weighted by molar-refractivity contribution is 7.26. The Morgan fingerprint density at radius 2 is 1.09 bits per heavy atom. The van der Waals surface area contributed by atoms with E-state index < -0.39 is 0 Å². The van der Waals surface area contributed by atoms with E-state index in [1.165, 1.54) is 4.70 Å². The Morgan fingerprint density at radius 1 is 0.477 bits per heavy atom. The summed E-state index contributed by atoms with van der Waals surface area (Å²) in [5, 5.41) is 4.49. The highest BCUT2D eigenvalue weighted by Crippen LogP contribution is 2.44. The SMILES string of the molecule is c1ccc(-c2nc(-c3ccccc3)nc(-c3cccc4c3sc3ccc5ccc6nc(-c7ccccc7)oc6c5c34)n2)cc1. The van der Waals surface area contributed by atoms with E-state index in [1.807, 2.05) is 97.1 Å². The van der Waals surface area contributed by atoms with Crippen LogP contribution in [0.1, 0.15) is 0 Å². The van der Waals surface area contributed by atoms with Crippen LogP contribution in [0.2, 0.25) is 0 Å². The molecular weight excluding hydrogens is 561 g/mol. The number of fused-ring (bicyclic) bond motifs is 7. The largest absolute Gasteiger partial charge is 0.435 e. The average molecular weight is 583 g/mol. The highest BCUT2D eigenvalue weighted by Gasteiger charge is 2.20. The fourth-order valence-corrected chi connectivity index (χ4v) is 7.11. The van der Waals surface area contributed by atoms with Gasteiger partial charge in [0.2, 0.25) is 5.89 Å². The first kappa shape index (κ1) is 24.8. The van der Waals surface area contributed by atoms with Crippen LogP contribution in [0.25, 0.3) is 87.7 Å². The summed E-state index contributed by atoms with van der Waals surface area (Å²) in [7, 11) is 0. The van der Waals surface area contributed by atoms with E-state index in [0.29, 0.717) is 23.4 Å². The van der Waals surface area contributed by atoms with Gasteiger partial charge in [0.1, 0.15) is 5.52 Å². The van der Waals surface area contributed by atoms with Crippen LogP contribution in [0.5, 0.6) is 0 Å². The molecule has 3 heterocycles. The standard InChI is InChI=1S/C38H22N4OS/c1-4-11-24(12-5-1)35-40-36(25-13-6-2-7-14-25)42-37(41-35)28-18-10-17-27-32-30(44-34(27)28)22-20-23-19-21-29-33(31(23)32)43-38(39-29)26-15-8-3-9-16-26/h1-22H. The first-order chi connectivity index (χ1) is 21.8. The normalized spacial score (nSPS) is 11.6. The Labute approximate surface area is 256 Å². The molecule has 0 amide bonds. The topological polar surface area (TPSA) is 64.7 Å². The molecule has 9 aromatic rings. The lowest BCUT2D eigenvalue weighted by atomic mass is 10.0. The zero-order chi connectivity index (χ0) is 29.0. The Morgan fingerprint density at radius 3 is 1.77 bits per heavy atom. The van der Waals surface area contributed by atoms with Crippen LogP contribution in [0.3, 0.4) is 0 Å². The third kappa shape index (κ3) is 4.00. The van der Waals surface area contributed by atoms with E-state index in [0.717, 1.165) is 59.6 Å². The second-order valence-electron chi connectivity index (χ2n) is 10.7. The number of nitrogens with zero attached hydrogens (tertiary/aromatic N) is 4. The van der Waals surface area contributed by atoms with Crippen molar-refractivity contribution >= 4 is 53.4 Å². The van der Waals surface area contributed by atoms with Gasteiger partial charge in [-0.2, -0.15) is 0 Å². The number of benzene rings is 6. The number of hydrogen-bond acceptors (Lipinski definition) is 6. The number of rotatable bonds is 4. The van der Waals surface area contributed by atoms with Crippen molar-refractivity contribution in [1.82, 2.24) is 19.9 Å². The fourth-order valence-electron chi connectivity index (χ4n) is 5.89. The quantitative estimate of drug-likeness (QED) is 0.207. The van der Waals surface area contributed by atoms with Gasteiger partial charge in [-0.1, -0.05) is 103 Å². The van der Waals surface area contributed by atoms with E-state index in [-0.39, 0.29) is 0 Å². The summed E-state index contributed by atoms with van der Waals surface area (Å²) in [6, 6.07) is 45.1. The molecular formula is C38H22N4OS. The number of aromatic nitrogens is 4. The first-order valence-corrected chi connectivity index (χ1v) is 15.2. The van der Waals surface area contributed by atoms with Crippen LogP contribution in [0.4, 0.5) is 0 Å². The van der Waals surface area contributed by atoms with Gasteiger partial charge in [0, 0.05) is 47.8 Å². The summed E-state index contributed by atoms with van der Waals surface area (Å²) in [4.78, 5) is 19.8. The van der Waals surface area contributed by atoms with Gasteiger partial charge in [-0.3, -0.25) is 0 Å². The van der Waals surface area contributed by atoms with E-state index in [1.54, 1.807) is 11.3 Å². The minimum absolute atomic E-state index is 0.623. The average Bonchev–Trinajstić information content (AvgIpc) is 3.71. The summed E-state index contributed by atoms with van der Waals surface area (Å²) in [6.45, 7) is 0. The van der Waals surface area contributed by atoms with Crippen molar-refractivity contribution in [2.75, 3.05) is 0 Å². The first-order valence-electron chi connectivity index (χ1n) is 14.4. The lowest BCUT2D eigenvalue weighted by molar-refractivity contribution is 0.623. The molecule has 0 aliphatic carbocycles. The second-order valence-corrected chi connectivity index (χ2v) is 11.7. The van der Waals surface area contributed by atoms with E-state index in [2.05, 4.69) is 36.4 Å². The maximum Gasteiger partial charge on any atom is 0.227 e. The predicted octanol–water partition coefficient (Wildman–Crippen LogP) is 10.2. The monoisotopic (exact) mass is 582 g/mol. The molecule has 0 N–H and O–H groups in total. The maximum absolute atomic E-state index is 6.50. The third-order valence-corrected chi connectivity index (χ3v) is 9.16. The summed E-state index contributed by atoms with van der Waals surface area (Å²) < 4.78 is 8.79. The molecule has 3 aromatic heterocycles. The third-order valence-electron chi connectivity index (χ3n) is 7.96. The van der Waals surface area contributed by atoms with Gasteiger partial charge in [-0.25, -0.2) is 19.9 Å². The van der Waals surface area contributed by atoms with Gasteiger partial charge in [0.25, 0.3) is 0 Å². The van der Waals surface area contributed by atoms with Gasteiger partial charge < -0.3 is 4.42 Å². The molecule has 5 nitrogen and oxygen atoms in total. The summed E-state index contributed by atoms with van der Waals surface area (Å²) >= 11 is 1.75. The Balaban J connectivity index is 1.31. The molecule has 0 fully saturated rings. The molecule has 206 valence electrons. The number of hydrogen-bond donors (Lipinski definition) is 0. The lowest BCUT2D eigenvalue weighted by Crippen LogP contribution is -2.00. The summed E-state index contributed by atoms with van der Waals surface area (Å²) in [5.74, 6) is 2.57. The zero-order valence-electron chi connectivity index (χ0n) is 23.3. The predicted molar refractivity (Wildman–Crippen MR) is 180 cm³/mol. The Bertz CT molecular complexity index is 2430. The van der Waals surface area contributed by atoms with Crippen molar-refractivity contribution in [2.24, 2.45) is 0 Å². The van der Waals surface area contributed by atoms with Crippen molar-refractivity contribution in [1.29, 1.82) is 0 Å². The van der Waals surface area contributed by atoms with E-state index in [9.17, 15) is 0 Å². The van der Waals surface area contributed by atoms with Crippen LogP contribution in [0.15, 0.2) is 138 Å². The number of thiophene rings is 1. The van der Waals surface area contributed by atoms with Crippen molar-refractivity contribution in [3.05, 3.63) is 133 Å². The molecule has 6 aromatic carbocycles. The Kier molecular flexibility index (Phi) is 5.61. The molecule has 0 spiro atoms. The molecule has 0 unspecified atom stereocenters. The van der Waals surface area contributed by atoms with Gasteiger partial charge in [-0.05, 0) is 35.7 Å². The van der Waals surface area contributed by atoms with Crippen LogP contribution in [-0.2, 0) is 0 Å². The lowest BCUT2D eigenvalue weighted by Gasteiger charge is -2.09. The van der Waals surface area contributed by atoms with Crippen molar-refractivity contribution < 1.29 is 4.42 Å². The molecule has 0 atom stereocenters. The van der Waals surface area contributed by atoms with Gasteiger partial charge in [0.15, 0.2) is 23.1 Å². The fraction of sp³-hybridized carbons (Fsp3) is 0. The van der Waals surface area contributed by atoms with Crippen molar-refractivity contribution in [3.63, 3.8) is 0 Å². The summed E-state index contributed by atoms with van der Waals surface area (Å²) in [6.07, 6.45) is 0. The van der Waals surface area contributed by atoms with Crippen LogP contribution >= 0.6 is 11.3 Å². The molecule has 9 rings (SSSR count). The van der Waals surface area contributed by atoms with E-state index >= 15 is 0 Å². The molecule has 0 saturated carbocycles. The molecule has 0 saturated heterocycles. The highest BCUT2D eigenvalue weighted by atomic mass is 32.1. The van der Waals surface area contributed by atoms with Crippen LogP contribution < -0.4 is 0 Å². The smallest absolute Gasteiger partial charge is 0.227 e. The van der Waals surface area contributed by atoms with Gasteiger partial charge in [0.05, 0.1) is 0 Å². The van der Waals surface area contributed by atoms with Gasteiger partial charge in [-0.15, -0.1) is 11.3 Å². The molecule has 0 aliphatic rings. The van der Waals surface area contributed by atoms with Crippen LogP contribution in [-0.4, -0.2) is 19.9 Å². The van der Waals surface area contributed by atoms with Gasteiger partial charge >= 0.3 is 0 Å². The van der Waals surface area contributed by atoms with E-state index in [4.69, 9.17) is 24.4 Å².